The number of amides is 1. The van der Waals surface area contributed by atoms with E-state index in [1.165, 1.54) is 24.3 Å². The van der Waals surface area contributed by atoms with Gasteiger partial charge in [0, 0.05) is 37.1 Å². The molecule has 1 N–H and O–H groups in total. The van der Waals surface area contributed by atoms with Crippen LogP contribution in [0.15, 0.2) is 36.9 Å². The molecule has 6 nitrogen and oxygen atoms in total. The molecule has 0 saturated carbocycles. The molecule has 1 radical (unpaired) electrons. The maximum Gasteiger partial charge on any atom is 0.246 e. The Hall–Kier alpha value is -3.26. The smallest absolute Gasteiger partial charge is 0.246 e. The molecule has 1 saturated heterocycles. The second-order valence-electron chi connectivity index (χ2n) is 6.74. The van der Waals surface area contributed by atoms with Crippen LogP contribution in [0.4, 0.5) is 14.6 Å². The van der Waals surface area contributed by atoms with E-state index in [2.05, 4.69) is 22.9 Å². The van der Waals surface area contributed by atoms with Gasteiger partial charge in [0.05, 0.1) is 10.6 Å². The van der Waals surface area contributed by atoms with E-state index in [0.29, 0.717) is 37.4 Å². The summed E-state index contributed by atoms with van der Waals surface area (Å²) in [5.74, 6) is -1.86. The zero-order chi connectivity index (χ0) is 21.4. The number of aromatic hydroxyl groups is 1. The van der Waals surface area contributed by atoms with Gasteiger partial charge in [0.2, 0.25) is 12.2 Å². The first-order valence-corrected chi connectivity index (χ1v) is 9.50. The minimum Gasteiger partial charge on any atom is -0.507 e. The van der Waals surface area contributed by atoms with Crippen molar-refractivity contribution in [2.75, 3.05) is 31.1 Å². The zero-order valence-corrected chi connectivity index (χ0v) is 16.5. The summed E-state index contributed by atoms with van der Waals surface area (Å²) >= 11 is 6.32. The first-order chi connectivity index (χ1) is 14.4. The maximum absolute atomic E-state index is 15.4. The van der Waals surface area contributed by atoms with Crippen molar-refractivity contribution in [1.82, 2.24) is 14.9 Å². The molecule has 2 heterocycles. The maximum atomic E-state index is 15.4. The minimum atomic E-state index is -0.877. The molecule has 0 aliphatic carbocycles. The molecule has 3 aromatic rings. The van der Waals surface area contributed by atoms with Crippen LogP contribution in [0.3, 0.4) is 0 Å². The van der Waals surface area contributed by atoms with Crippen molar-refractivity contribution in [3.63, 3.8) is 0 Å². The molecule has 4 rings (SSSR count). The molecule has 0 bridgehead atoms. The molecule has 1 aliphatic heterocycles. The van der Waals surface area contributed by atoms with Gasteiger partial charge in [0.25, 0.3) is 0 Å². The lowest BCUT2D eigenvalue weighted by Gasteiger charge is -2.35. The number of phenolic OH excluding ortho intramolecular Hbond substituents is 1. The third-order valence-electron chi connectivity index (χ3n) is 5.06. The average molecular weight is 430 g/mol. The molecular formula is C21H16ClF2N4O2. The van der Waals surface area contributed by atoms with E-state index in [1.807, 2.05) is 4.90 Å². The topological polar surface area (TPSA) is 69.6 Å². The number of anilines is 1. The monoisotopic (exact) mass is 429 g/mol. The number of rotatable bonds is 3. The molecular weight excluding hydrogens is 414 g/mol. The van der Waals surface area contributed by atoms with E-state index in [-0.39, 0.29) is 27.6 Å². The number of halogens is 3. The normalized spacial score (nSPS) is 14.2. The Kier molecular flexibility index (Phi) is 5.26. The van der Waals surface area contributed by atoms with Crippen molar-refractivity contribution >= 4 is 34.2 Å². The van der Waals surface area contributed by atoms with Gasteiger partial charge in [-0.15, -0.1) is 0 Å². The van der Waals surface area contributed by atoms with Crippen LogP contribution in [-0.4, -0.2) is 52.1 Å². The molecule has 9 heteroatoms. The van der Waals surface area contributed by atoms with Crippen LogP contribution in [0.1, 0.15) is 0 Å². The van der Waals surface area contributed by atoms with Gasteiger partial charge in [-0.25, -0.2) is 18.7 Å². The number of carbonyl (C=O) groups is 1. The molecule has 1 amide bonds. The fraction of sp³-hybridized carbons (Fsp3) is 0.190. The van der Waals surface area contributed by atoms with E-state index >= 15 is 4.39 Å². The number of hydrogen-bond acceptors (Lipinski definition) is 5. The van der Waals surface area contributed by atoms with Crippen molar-refractivity contribution in [3.05, 3.63) is 59.9 Å². The Labute approximate surface area is 176 Å². The Morgan fingerprint density at radius 3 is 2.60 bits per heavy atom. The van der Waals surface area contributed by atoms with Gasteiger partial charge in [-0.2, -0.15) is 0 Å². The van der Waals surface area contributed by atoms with Gasteiger partial charge >= 0.3 is 0 Å². The second kappa shape index (κ2) is 7.87. The van der Waals surface area contributed by atoms with Crippen LogP contribution in [-0.2, 0) is 4.79 Å². The Morgan fingerprint density at radius 2 is 1.93 bits per heavy atom. The predicted molar refractivity (Wildman–Crippen MR) is 109 cm³/mol. The van der Waals surface area contributed by atoms with Gasteiger partial charge in [-0.3, -0.25) is 4.79 Å². The van der Waals surface area contributed by atoms with Crippen molar-refractivity contribution in [2.45, 2.75) is 0 Å². The van der Waals surface area contributed by atoms with Crippen LogP contribution < -0.4 is 4.90 Å². The van der Waals surface area contributed by atoms with E-state index in [9.17, 15) is 14.3 Å². The lowest BCUT2D eigenvalue weighted by molar-refractivity contribution is -0.126. The molecule has 2 aromatic carbocycles. The van der Waals surface area contributed by atoms with Crippen LogP contribution >= 0.6 is 11.6 Å². The number of nitrogens with zero attached hydrogens (tertiary/aromatic N) is 4. The summed E-state index contributed by atoms with van der Waals surface area (Å²) in [6, 6.07) is 5.12. The number of fused-ring (bicyclic) bond motifs is 1. The van der Waals surface area contributed by atoms with E-state index in [0.717, 1.165) is 6.07 Å². The number of aromatic nitrogens is 2. The Morgan fingerprint density at radius 1 is 1.20 bits per heavy atom. The number of benzene rings is 2. The quantitative estimate of drug-likeness (QED) is 0.645. The average Bonchev–Trinajstić information content (AvgIpc) is 2.75. The van der Waals surface area contributed by atoms with Gasteiger partial charge in [0.1, 0.15) is 22.9 Å². The number of carbonyl (C=O) groups excluding carboxylic acids is 1. The lowest BCUT2D eigenvalue weighted by Crippen LogP contribution is -2.48. The van der Waals surface area contributed by atoms with Gasteiger partial charge < -0.3 is 14.9 Å². The summed E-state index contributed by atoms with van der Waals surface area (Å²) in [5, 5.41) is 10.3. The highest BCUT2D eigenvalue weighted by molar-refractivity contribution is 6.34. The largest absolute Gasteiger partial charge is 0.507 e. The molecule has 1 aromatic heterocycles. The standard InChI is InChI=1S/C21H16ClF2N4O2/c1-2-16(30)27-6-8-28(9-7-27)21-12-10-13(22)17(19(24)20(12)25-11-26-21)18-14(23)4-3-5-15(18)29/h2-5,10,29H,1,6-9H2. The minimum absolute atomic E-state index is 0.0862. The van der Waals surface area contributed by atoms with E-state index < -0.39 is 17.4 Å². The molecule has 30 heavy (non-hydrogen) atoms. The van der Waals surface area contributed by atoms with Crippen molar-refractivity contribution in [1.29, 1.82) is 0 Å². The Bertz CT molecular complexity index is 1140. The third kappa shape index (κ3) is 3.33. The highest BCUT2D eigenvalue weighted by atomic mass is 35.5. The molecule has 0 atom stereocenters. The number of phenols is 1. The summed E-state index contributed by atoms with van der Waals surface area (Å²) in [5.41, 5.74) is -0.704. The van der Waals surface area contributed by atoms with Gasteiger partial charge in [0.15, 0.2) is 5.82 Å². The predicted octanol–water partition coefficient (Wildman–Crippen LogP) is 3.57. The first kappa shape index (κ1) is 20.0. The summed E-state index contributed by atoms with van der Waals surface area (Å²) in [6.45, 7) is 5.33. The van der Waals surface area contributed by atoms with Crippen LogP contribution in [0.5, 0.6) is 5.75 Å². The number of piperazine rings is 1. The summed E-state index contributed by atoms with van der Waals surface area (Å²) in [4.78, 5) is 23.4. The number of hydrogen-bond donors (Lipinski definition) is 1. The highest BCUT2D eigenvalue weighted by Crippen LogP contribution is 2.41. The lowest BCUT2D eigenvalue weighted by atomic mass is 10.0. The van der Waals surface area contributed by atoms with Crippen LogP contribution in [0, 0.1) is 18.0 Å². The van der Waals surface area contributed by atoms with Gasteiger partial charge in [-0.1, -0.05) is 24.2 Å². The van der Waals surface area contributed by atoms with Crippen molar-refractivity contribution in [2.24, 2.45) is 0 Å². The molecule has 1 aliphatic rings. The second-order valence-corrected chi connectivity index (χ2v) is 7.15. The van der Waals surface area contributed by atoms with Crippen LogP contribution in [0.2, 0.25) is 5.02 Å². The molecule has 153 valence electrons. The van der Waals surface area contributed by atoms with E-state index in [4.69, 9.17) is 11.6 Å². The Balaban J connectivity index is 1.79. The van der Waals surface area contributed by atoms with E-state index in [1.54, 1.807) is 4.90 Å². The molecule has 0 spiro atoms. The summed E-state index contributed by atoms with van der Waals surface area (Å²) < 4.78 is 29.7. The molecule has 1 fully saturated rings. The third-order valence-corrected chi connectivity index (χ3v) is 5.36. The summed E-state index contributed by atoms with van der Waals surface area (Å²) in [6.07, 6.45) is 3.70. The first-order valence-electron chi connectivity index (χ1n) is 9.12. The van der Waals surface area contributed by atoms with Crippen molar-refractivity contribution in [3.8, 4) is 16.9 Å². The van der Waals surface area contributed by atoms with Crippen LogP contribution in [0.25, 0.3) is 22.0 Å². The zero-order valence-electron chi connectivity index (χ0n) is 15.7. The molecule has 0 unspecified atom stereocenters. The fourth-order valence-electron chi connectivity index (χ4n) is 3.57. The highest BCUT2D eigenvalue weighted by Gasteiger charge is 2.26. The summed E-state index contributed by atoms with van der Waals surface area (Å²) in [7, 11) is 0. The van der Waals surface area contributed by atoms with Crippen molar-refractivity contribution < 1.29 is 18.7 Å². The van der Waals surface area contributed by atoms with Gasteiger partial charge in [-0.05, 0) is 24.3 Å². The fourth-order valence-corrected chi connectivity index (χ4v) is 3.86. The SMILES string of the molecule is C=CC(=O)N1CCN(c2n[c]nc3c(F)c(-c4c(O)cccc4F)c(Cl)cc23)CC1.